The van der Waals surface area contributed by atoms with Crippen molar-refractivity contribution in [2.24, 2.45) is 0 Å². The fraction of sp³-hybridized carbons (Fsp3) is 0.333. The van der Waals surface area contributed by atoms with Crippen LogP contribution in [0.25, 0.3) is 0 Å². The molecule has 7 nitrogen and oxygen atoms in total. The molecule has 0 aliphatic carbocycles. The van der Waals surface area contributed by atoms with Gasteiger partial charge in [-0.05, 0) is 13.8 Å². The van der Waals surface area contributed by atoms with Crippen LogP contribution in [0.5, 0.6) is 0 Å². The van der Waals surface area contributed by atoms with Crippen LogP contribution in [0, 0.1) is 5.41 Å². The smallest absolute Gasteiger partial charge is 0.434 e. The third kappa shape index (κ3) is 5.77. The lowest BCUT2D eigenvalue weighted by Crippen LogP contribution is -2.36. The number of allylic oxidation sites excluding steroid dienone is 1. The Morgan fingerprint density at radius 3 is 2.45 bits per heavy atom. The largest absolute Gasteiger partial charge is 0.447 e. The highest BCUT2D eigenvalue weighted by Crippen LogP contribution is 2.20. The minimum absolute atomic E-state index is 0.286. The number of nitrogens with one attached hydrogen (secondary N) is 3. The van der Waals surface area contributed by atoms with E-state index in [4.69, 9.17) is 5.41 Å². The number of hydrogen-bond donors (Lipinski definition) is 3. The van der Waals surface area contributed by atoms with Crippen molar-refractivity contribution < 1.29 is 22.7 Å². The fourth-order valence-electron chi connectivity index (χ4n) is 1.21. The lowest BCUT2D eigenvalue weighted by molar-refractivity contribution is -0.0592. The van der Waals surface area contributed by atoms with E-state index >= 15 is 0 Å². The van der Waals surface area contributed by atoms with E-state index in [0.717, 1.165) is 6.20 Å². The molecule has 1 rings (SSSR count). The summed E-state index contributed by atoms with van der Waals surface area (Å²) in [5.74, 6) is 0. The zero-order chi connectivity index (χ0) is 16.8. The van der Waals surface area contributed by atoms with Crippen LogP contribution < -0.4 is 10.6 Å². The molecule has 0 radical (unpaired) electrons. The maximum Gasteiger partial charge on any atom is 0.434 e. The highest BCUT2D eigenvalue weighted by Gasteiger charge is 2.37. The molecular formula is C12H14F3N5O2. The molecule has 10 heteroatoms. The highest BCUT2D eigenvalue weighted by molar-refractivity contribution is 6.03. The third-order valence-corrected chi connectivity index (χ3v) is 2.08. The van der Waals surface area contributed by atoms with Gasteiger partial charge < -0.3 is 10.1 Å². The van der Waals surface area contributed by atoms with Crippen molar-refractivity contribution in [3.8, 4) is 0 Å². The molecule has 0 aliphatic heterocycles. The number of carbonyl (C=O) groups is 1. The zero-order valence-corrected chi connectivity index (χ0v) is 11.7. The summed E-state index contributed by atoms with van der Waals surface area (Å²) < 4.78 is 42.6. The molecule has 120 valence electrons. The molecule has 0 fully saturated rings. The molecule has 1 aromatic heterocycles. The number of amides is 1. The Balaban J connectivity index is 2.91. The van der Waals surface area contributed by atoms with Crippen LogP contribution >= 0.6 is 0 Å². The fourth-order valence-corrected chi connectivity index (χ4v) is 1.21. The van der Waals surface area contributed by atoms with Crippen LogP contribution in [0.15, 0.2) is 30.6 Å². The molecule has 0 saturated heterocycles. The summed E-state index contributed by atoms with van der Waals surface area (Å²) in [5, 5.41) is 11.4. The Hall–Kier alpha value is -2.65. The SMILES string of the molecule is CC(C)OC(=O)N/C(=C/Nc1cncnc1)C(=N)C(F)(F)F. The number of carbonyl (C=O) groups excluding carboxylic acids is 1. The average molecular weight is 317 g/mol. The number of nitrogens with zero attached hydrogens (tertiary/aromatic N) is 2. The van der Waals surface area contributed by atoms with E-state index in [2.05, 4.69) is 20.0 Å². The minimum Gasteiger partial charge on any atom is -0.447 e. The first kappa shape index (κ1) is 17.4. The van der Waals surface area contributed by atoms with E-state index in [1.165, 1.54) is 32.6 Å². The van der Waals surface area contributed by atoms with Gasteiger partial charge >= 0.3 is 12.3 Å². The van der Waals surface area contributed by atoms with Gasteiger partial charge in [0, 0.05) is 6.20 Å². The van der Waals surface area contributed by atoms with Gasteiger partial charge in [-0.25, -0.2) is 14.8 Å². The minimum atomic E-state index is -4.92. The lowest BCUT2D eigenvalue weighted by atomic mass is 10.2. The molecule has 1 aromatic rings. The summed E-state index contributed by atoms with van der Waals surface area (Å²) in [6, 6.07) is 0. The quantitative estimate of drug-likeness (QED) is 0.724. The molecule has 3 N–H and O–H groups in total. The Kier molecular flexibility index (Phi) is 5.84. The van der Waals surface area contributed by atoms with Crippen molar-refractivity contribution in [3.63, 3.8) is 0 Å². The van der Waals surface area contributed by atoms with Gasteiger partial charge in [-0.1, -0.05) is 0 Å². The first-order valence-electron chi connectivity index (χ1n) is 6.05. The summed E-state index contributed by atoms with van der Waals surface area (Å²) >= 11 is 0. The summed E-state index contributed by atoms with van der Waals surface area (Å²) in [5.41, 5.74) is -2.23. The highest BCUT2D eigenvalue weighted by atomic mass is 19.4. The molecule has 0 aliphatic rings. The van der Waals surface area contributed by atoms with E-state index in [9.17, 15) is 18.0 Å². The number of alkyl halides is 3. The van der Waals surface area contributed by atoms with Crippen LogP contribution in [0.3, 0.4) is 0 Å². The second-order valence-corrected chi connectivity index (χ2v) is 4.28. The summed E-state index contributed by atoms with van der Waals surface area (Å²) in [4.78, 5) is 18.7. The molecule has 1 amide bonds. The normalized spacial score (nSPS) is 12.0. The van der Waals surface area contributed by atoms with Crippen molar-refractivity contribution in [1.29, 1.82) is 5.41 Å². The van der Waals surface area contributed by atoms with Gasteiger partial charge in [0.25, 0.3) is 0 Å². The van der Waals surface area contributed by atoms with E-state index in [1.807, 2.05) is 5.32 Å². The van der Waals surface area contributed by atoms with E-state index in [0.29, 0.717) is 0 Å². The first-order chi connectivity index (χ1) is 10.2. The van der Waals surface area contributed by atoms with E-state index in [1.54, 1.807) is 0 Å². The Bertz CT molecular complexity index is 558. The van der Waals surface area contributed by atoms with Crippen LogP contribution in [0.4, 0.5) is 23.7 Å². The van der Waals surface area contributed by atoms with Gasteiger partial charge in [-0.3, -0.25) is 10.7 Å². The van der Waals surface area contributed by atoms with Crippen molar-refractivity contribution in [2.45, 2.75) is 26.1 Å². The number of rotatable bonds is 5. The maximum atomic E-state index is 12.6. The number of hydrogen-bond acceptors (Lipinski definition) is 6. The molecule has 0 aromatic carbocycles. The molecular weight excluding hydrogens is 303 g/mol. The molecule has 0 bridgehead atoms. The number of alkyl carbamates (subject to hydrolysis) is 1. The molecule has 0 unspecified atom stereocenters. The number of ether oxygens (including phenoxy) is 1. The molecule has 0 spiro atoms. The lowest BCUT2D eigenvalue weighted by Gasteiger charge is -2.15. The van der Waals surface area contributed by atoms with Gasteiger partial charge in [0.15, 0.2) is 5.71 Å². The molecule has 0 saturated carbocycles. The number of aromatic nitrogens is 2. The molecule has 22 heavy (non-hydrogen) atoms. The number of anilines is 1. The number of halogens is 3. The average Bonchev–Trinajstić information content (AvgIpc) is 2.42. The Labute approximate surface area is 124 Å². The van der Waals surface area contributed by atoms with Crippen molar-refractivity contribution in [3.05, 3.63) is 30.6 Å². The Morgan fingerprint density at radius 1 is 1.36 bits per heavy atom. The maximum absolute atomic E-state index is 12.6. The van der Waals surface area contributed by atoms with Crippen LogP contribution in [0.1, 0.15) is 13.8 Å². The van der Waals surface area contributed by atoms with E-state index < -0.39 is 29.8 Å². The van der Waals surface area contributed by atoms with Gasteiger partial charge in [0.1, 0.15) is 6.33 Å². The van der Waals surface area contributed by atoms with Crippen LogP contribution in [0.2, 0.25) is 0 Å². The van der Waals surface area contributed by atoms with Crippen molar-refractivity contribution >= 4 is 17.5 Å². The topological polar surface area (TPSA) is 100.0 Å². The van der Waals surface area contributed by atoms with Gasteiger partial charge in [0.2, 0.25) is 0 Å². The van der Waals surface area contributed by atoms with Crippen molar-refractivity contribution in [2.75, 3.05) is 5.32 Å². The van der Waals surface area contributed by atoms with E-state index in [-0.39, 0.29) is 5.69 Å². The van der Waals surface area contributed by atoms with Gasteiger partial charge in [-0.2, -0.15) is 13.2 Å². The monoisotopic (exact) mass is 317 g/mol. The second-order valence-electron chi connectivity index (χ2n) is 4.28. The summed E-state index contributed by atoms with van der Waals surface area (Å²) in [6.07, 6.45) is -1.86. The first-order valence-corrected chi connectivity index (χ1v) is 6.05. The molecule has 0 atom stereocenters. The van der Waals surface area contributed by atoms with Crippen LogP contribution in [-0.4, -0.2) is 34.1 Å². The van der Waals surface area contributed by atoms with Crippen molar-refractivity contribution in [1.82, 2.24) is 15.3 Å². The standard InChI is InChI=1S/C12H14F3N5O2/c1-7(2)22-11(21)20-9(10(16)12(13,14)15)5-19-8-3-17-6-18-4-8/h3-7,16,19H,1-2H3,(H,20,21)/b9-5+,16-10?. The third-order valence-electron chi connectivity index (χ3n) is 2.08. The predicted molar refractivity (Wildman–Crippen MR) is 72.3 cm³/mol. The van der Waals surface area contributed by atoms with Gasteiger partial charge in [0.05, 0.1) is 29.9 Å². The zero-order valence-electron chi connectivity index (χ0n) is 11.7. The van der Waals surface area contributed by atoms with Gasteiger partial charge in [-0.15, -0.1) is 0 Å². The Morgan fingerprint density at radius 2 is 1.95 bits per heavy atom. The second kappa shape index (κ2) is 7.38. The summed E-state index contributed by atoms with van der Waals surface area (Å²) in [6.45, 7) is 3.08. The van der Waals surface area contributed by atoms with Crippen LogP contribution in [-0.2, 0) is 4.74 Å². The predicted octanol–water partition coefficient (Wildman–Crippen LogP) is 2.45. The molecule has 1 heterocycles. The summed E-state index contributed by atoms with van der Waals surface area (Å²) in [7, 11) is 0.